The lowest BCUT2D eigenvalue weighted by atomic mass is 10.2. The van der Waals surface area contributed by atoms with Crippen LogP contribution in [-0.2, 0) is 9.53 Å². The maximum absolute atomic E-state index is 10.7. The van der Waals surface area contributed by atoms with Crippen molar-refractivity contribution in [2.24, 2.45) is 11.7 Å². The minimum atomic E-state index is -0.562. The number of aliphatic hydroxyl groups is 1. The van der Waals surface area contributed by atoms with Crippen LogP contribution < -0.4 is 5.73 Å². The lowest BCUT2D eigenvalue weighted by molar-refractivity contribution is -0.114. The molecule has 76 valence electrons. The van der Waals surface area contributed by atoms with Crippen molar-refractivity contribution in [2.75, 3.05) is 13.2 Å². The van der Waals surface area contributed by atoms with E-state index in [9.17, 15) is 4.79 Å². The number of amides is 1. The molecule has 4 heteroatoms. The van der Waals surface area contributed by atoms with Crippen LogP contribution in [0.5, 0.6) is 0 Å². The van der Waals surface area contributed by atoms with Gasteiger partial charge in [0.2, 0.25) is 5.91 Å². The molecule has 1 amide bonds. The molecule has 4 nitrogen and oxygen atoms in total. The van der Waals surface area contributed by atoms with Gasteiger partial charge < -0.3 is 15.6 Å². The first kappa shape index (κ1) is 12.0. The van der Waals surface area contributed by atoms with Crippen LogP contribution in [0.4, 0.5) is 0 Å². The second kappa shape index (κ2) is 5.59. The molecule has 0 atom stereocenters. The highest BCUT2D eigenvalue weighted by Gasteiger charge is 2.08. The summed E-state index contributed by atoms with van der Waals surface area (Å²) in [6, 6.07) is 0. The first-order valence-corrected chi connectivity index (χ1v) is 4.22. The molecular formula is C9H17NO3. The van der Waals surface area contributed by atoms with Gasteiger partial charge in [0.15, 0.2) is 0 Å². The molecule has 0 aromatic carbocycles. The van der Waals surface area contributed by atoms with Crippen LogP contribution in [0, 0.1) is 5.92 Å². The van der Waals surface area contributed by atoms with Crippen molar-refractivity contribution in [3.63, 3.8) is 0 Å². The summed E-state index contributed by atoms with van der Waals surface area (Å²) in [6.45, 7) is 5.68. The van der Waals surface area contributed by atoms with E-state index in [2.05, 4.69) is 0 Å². The van der Waals surface area contributed by atoms with Crippen molar-refractivity contribution in [2.45, 2.75) is 20.8 Å². The predicted molar refractivity (Wildman–Crippen MR) is 49.8 cm³/mol. The molecule has 0 saturated carbocycles. The summed E-state index contributed by atoms with van der Waals surface area (Å²) in [5.74, 6) is 0.0521. The molecule has 0 saturated heterocycles. The maximum Gasteiger partial charge on any atom is 0.247 e. The molecule has 0 bridgehead atoms. The number of hydrogen-bond acceptors (Lipinski definition) is 3. The van der Waals surface area contributed by atoms with Crippen LogP contribution in [0.2, 0.25) is 0 Å². The quantitative estimate of drug-likeness (QED) is 0.483. The average molecular weight is 187 g/mol. The minimum Gasteiger partial charge on any atom is -0.495 e. The normalized spacial score (nSPS) is 12.7. The Morgan fingerprint density at radius 1 is 1.54 bits per heavy atom. The van der Waals surface area contributed by atoms with Crippen LogP contribution in [0.15, 0.2) is 11.3 Å². The number of primary amides is 1. The van der Waals surface area contributed by atoms with E-state index in [1.165, 1.54) is 6.92 Å². The molecular weight excluding hydrogens is 170 g/mol. The lowest BCUT2D eigenvalue weighted by Crippen LogP contribution is -2.17. The van der Waals surface area contributed by atoms with E-state index in [4.69, 9.17) is 15.6 Å². The average Bonchev–Trinajstić information content (AvgIpc) is 2.04. The van der Waals surface area contributed by atoms with Gasteiger partial charge in [-0.1, -0.05) is 13.8 Å². The van der Waals surface area contributed by atoms with Gasteiger partial charge in [0, 0.05) is 0 Å². The van der Waals surface area contributed by atoms with Crippen molar-refractivity contribution in [3.05, 3.63) is 11.3 Å². The predicted octanol–water partition coefficient (Wildman–Crippen LogP) is 0.411. The molecule has 0 radical (unpaired) electrons. The second-order valence-corrected chi connectivity index (χ2v) is 3.28. The van der Waals surface area contributed by atoms with Crippen molar-refractivity contribution in [1.29, 1.82) is 0 Å². The molecule has 3 N–H and O–H groups in total. The second-order valence-electron chi connectivity index (χ2n) is 3.28. The summed E-state index contributed by atoms with van der Waals surface area (Å²) >= 11 is 0. The number of carbonyl (C=O) groups is 1. The monoisotopic (exact) mass is 187 g/mol. The highest BCUT2D eigenvalue weighted by atomic mass is 16.5. The molecule has 0 aliphatic rings. The van der Waals surface area contributed by atoms with Gasteiger partial charge in [0.25, 0.3) is 0 Å². The smallest absolute Gasteiger partial charge is 0.247 e. The first-order chi connectivity index (χ1) is 5.99. The Kier molecular flexibility index (Phi) is 5.14. The fraction of sp³-hybridized carbons (Fsp3) is 0.667. The molecule has 0 heterocycles. The fourth-order valence-corrected chi connectivity index (χ4v) is 0.677. The molecule has 0 rings (SSSR count). The minimum absolute atomic E-state index is 0.265. The Labute approximate surface area is 78.4 Å². The van der Waals surface area contributed by atoms with E-state index in [-0.39, 0.29) is 17.9 Å². The van der Waals surface area contributed by atoms with Gasteiger partial charge in [-0.05, 0) is 12.8 Å². The highest BCUT2D eigenvalue weighted by Crippen LogP contribution is 2.06. The number of nitrogens with two attached hydrogens (primary N) is 1. The molecule has 0 aromatic heterocycles. The van der Waals surface area contributed by atoms with E-state index >= 15 is 0 Å². The van der Waals surface area contributed by atoms with Crippen LogP contribution in [-0.4, -0.2) is 24.2 Å². The van der Waals surface area contributed by atoms with Crippen molar-refractivity contribution in [1.82, 2.24) is 0 Å². The molecule has 0 aliphatic heterocycles. The summed E-state index contributed by atoms with van der Waals surface area (Å²) < 4.78 is 5.20. The summed E-state index contributed by atoms with van der Waals surface area (Å²) in [4.78, 5) is 10.7. The van der Waals surface area contributed by atoms with E-state index in [0.29, 0.717) is 12.5 Å². The first-order valence-electron chi connectivity index (χ1n) is 4.22. The summed E-state index contributed by atoms with van der Waals surface area (Å²) in [6.07, 6.45) is 0. The largest absolute Gasteiger partial charge is 0.495 e. The zero-order valence-electron chi connectivity index (χ0n) is 8.33. The number of aliphatic hydroxyl groups excluding tert-OH is 1. The Morgan fingerprint density at radius 3 is 2.38 bits per heavy atom. The number of carbonyl (C=O) groups excluding carboxylic acids is 1. The van der Waals surface area contributed by atoms with Crippen molar-refractivity contribution >= 4 is 5.91 Å². The Balaban J connectivity index is 4.32. The molecule has 0 spiro atoms. The molecule has 0 unspecified atom stereocenters. The van der Waals surface area contributed by atoms with Crippen molar-refractivity contribution in [3.8, 4) is 0 Å². The van der Waals surface area contributed by atoms with Crippen LogP contribution in [0.3, 0.4) is 0 Å². The Bertz CT molecular complexity index is 209. The zero-order valence-corrected chi connectivity index (χ0v) is 8.33. The zero-order chi connectivity index (χ0) is 10.4. The van der Waals surface area contributed by atoms with Crippen LogP contribution >= 0.6 is 0 Å². The SMILES string of the molecule is C/C(C(N)=O)=C(/CO)OCC(C)C. The van der Waals surface area contributed by atoms with Gasteiger partial charge in [-0.25, -0.2) is 0 Å². The number of ether oxygens (including phenoxy) is 1. The highest BCUT2D eigenvalue weighted by molar-refractivity contribution is 5.91. The van der Waals surface area contributed by atoms with Gasteiger partial charge in [-0.15, -0.1) is 0 Å². The third kappa shape index (κ3) is 4.52. The Hall–Kier alpha value is -1.03. The van der Waals surface area contributed by atoms with E-state index in [1.807, 2.05) is 13.8 Å². The van der Waals surface area contributed by atoms with Crippen molar-refractivity contribution < 1.29 is 14.6 Å². The third-order valence-electron chi connectivity index (χ3n) is 1.52. The van der Waals surface area contributed by atoms with Gasteiger partial charge in [0.1, 0.15) is 12.4 Å². The van der Waals surface area contributed by atoms with Gasteiger partial charge >= 0.3 is 0 Å². The molecule has 0 fully saturated rings. The summed E-state index contributed by atoms with van der Waals surface area (Å²) in [5, 5.41) is 8.87. The number of hydrogen-bond donors (Lipinski definition) is 2. The topological polar surface area (TPSA) is 72.6 Å². The van der Waals surface area contributed by atoms with Gasteiger partial charge in [-0.2, -0.15) is 0 Å². The van der Waals surface area contributed by atoms with E-state index in [0.717, 1.165) is 0 Å². The van der Waals surface area contributed by atoms with E-state index in [1.54, 1.807) is 0 Å². The molecule has 13 heavy (non-hydrogen) atoms. The molecule has 0 aromatic rings. The molecule has 0 aliphatic carbocycles. The Morgan fingerprint density at radius 2 is 2.08 bits per heavy atom. The fourth-order valence-electron chi connectivity index (χ4n) is 0.677. The summed E-state index contributed by atoms with van der Waals surface area (Å²) in [5.41, 5.74) is 5.31. The van der Waals surface area contributed by atoms with Gasteiger partial charge in [-0.3, -0.25) is 4.79 Å². The van der Waals surface area contributed by atoms with Crippen LogP contribution in [0.25, 0.3) is 0 Å². The van der Waals surface area contributed by atoms with Crippen LogP contribution in [0.1, 0.15) is 20.8 Å². The van der Waals surface area contributed by atoms with E-state index < -0.39 is 5.91 Å². The maximum atomic E-state index is 10.7. The summed E-state index contributed by atoms with van der Waals surface area (Å²) in [7, 11) is 0. The number of rotatable bonds is 5. The lowest BCUT2D eigenvalue weighted by Gasteiger charge is -2.12. The van der Waals surface area contributed by atoms with Gasteiger partial charge in [0.05, 0.1) is 12.2 Å². The third-order valence-corrected chi connectivity index (χ3v) is 1.52. The standard InChI is InChI=1S/C9H17NO3/c1-6(2)5-13-8(4-11)7(3)9(10)12/h6,11H,4-5H2,1-3H3,(H2,10,12)/b8-7+.